The lowest BCUT2D eigenvalue weighted by Crippen LogP contribution is -2.34. The smallest absolute Gasteiger partial charge is 0.182 e. The Kier molecular flexibility index (Phi) is 2.52. The van der Waals surface area contributed by atoms with Gasteiger partial charge in [0.2, 0.25) is 0 Å². The molecule has 0 radical (unpaired) electrons. The zero-order valence-corrected chi connectivity index (χ0v) is 11.2. The molecule has 0 saturated heterocycles. The largest absolute Gasteiger partial charge is 0.383 e. The Hall–Kier alpha value is -2.03. The average molecular weight is 282 g/mol. The lowest BCUT2D eigenvalue weighted by Gasteiger charge is -2.28. The van der Waals surface area contributed by atoms with Gasteiger partial charge in [0.25, 0.3) is 0 Å². The second-order valence-corrected chi connectivity index (χ2v) is 6.47. The first-order chi connectivity index (χ1) is 8.97. The Morgan fingerprint density at radius 2 is 2.21 bits per heavy atom. The summed E-state index contributed by atoms with van der Waals surface area (Å²) in [5, 5.41) is 6.56. The Morgan fingerprint density at radius 1 is 1.42 bits per heavy atom. The maximum Gasteiger partial charge on any atom is 0.182 e. The van der Waals surface area contributed by atoms with E-state index >= 15 is 0 Å². The molecule has 3 rings (SSSR count). The summed E-state index contributed by atoms with van der Waals surface area (Å²) in [6.07, 6.45) is 4.76. The molecule has 0 bridgehead atoms. The van der Waals surface area contributed by atoms with Gasteiger partial charge in [0.1, 0.15) is 11.6 Å². The summed E-state index contributed by atoms with van der Waals surface area (Å²) in [6, 6.07) is 0. The first-order valence-corrected chi connectivity index (χ1v) is 7.65. The molecule has 2 aromatic heterocycles. The number of rotatable bonds is 2. The van der Waals surface area contributed by atoms with Crippen LogP contribution < -0.4 is 10.6 Å². The topological polar surface area (TPSA) is 110 Å². The van der Waals surface area contributed by atoms with Crippen LogP contribution in [0.15, 0.2) is 17.3 Å². The number of nitrogen functional groups attached to an aromatic ring is 1. The second-order valence-electron chi connectivity index (χ2n) is 4.52. The molecule has 1 aliphatic rings. The molecule has 1 aliphatic heterocycles. The fourth-order valence-electron chi connectivity index (χ4n) is 2.27. The highest BCUT2D eigenvalue weighted by atomic mass is 32.2. The van der Waals surface area contributed by atoms with Gasteiger partial charge in [-0.25, -0.2) is 13.4 Å². The van der Waals surface area contributed by atoms with Crippen LogP contribution >= 0.6 is 0 Å². The minimum absolute atomic E-state index is 0.0625. The van der Waals surface area contributed by atoms with Gasteiger partial charge < -0.3 is 15.2 Å². The van der Waals surface area contributed by atoms with E-state index in [1.54, 1.807) is 6.20 Å². The first-order valence-electron chi connectivity index (χ1n) is 5.75. The van der Waals surface area contributed by atoms with Gasteiger partial charge in [0, 0.05) is 31.7 Å². The molecule has 0 spiro atoms. The number of imidazole rings is 1. The Bertz CT molecular complexity index is 716. The third-order valence-electron chi connectivity index (χ3n) is 3.15. The van der Waals surface area contributed by atoms with Crippen molar-refractivity contribution in [1.82, 2.24) is 19.7 Å². The second kappa shape index (κ2) is 3.98. The van der Waals surface area contributed by atoms with Crippen LogP contribution in [0.4, 0.5) is 11.6 Å². The van der Waals surface area contributed by atoms with Gasteiger partial charge in [0.05, 0.1) is 6.54 Å². The third-order valence-corrected chi connectivity index (χ3v) is 4.29. The number of aromatic amines is 1. The predicted octanol–water partition coefficient (Wildman–Crippen LogP) is -0.388. The predicted molar refractivity (Wildman–Crippen MR) is 69.4 cm³/mol. The minimum atomic E-state index is -3.42. The summed E-state index contributed by atoms with van der Waals surface area (Å²) in [5.41, 5.74) is 5.66. The molecule has 3 heterocycles. The minimum Gasteiger partial charge on any atom is -0.383 e. The number of fused-ring (bicyclic) bond motifs is 1. The van der Waals surface area contributed by atoms with Crippen LogP contribution in [0, 0.1) is 0 Å². The van der Waals surface area contributed by atoms with Crippen molar-refractivity contribution in [2.45, 2.75) is 18.0 Å². The van der Waals surface area contributed by atoms with Crippen molar-refractivity contribution in [2.24, 2.45) is 0 Å². The standard InChI is InChI=1S/C10H14N6O2S/c1-19(17,18)8-9(11)13-14-10(8)16-5-4-15-3-2-12-7(15)6-16/h2-3H,4-6H2,1H3,(H3,11,13,14). The van der Waals surface area contributed by atoms with Gasteiger partial charge >= 0.3 is 0 Å². The van der Waals surface area contributed by atoms with E-state index in [-0.39, 0.29) is 10.7 Å². The number of nitrogens with one attached hydrogen (secondary N) is 1. The summed E-state index contributed by atoms with van der Waals surface area (Å²) in [5.74, 6) is 1.33. The highest BCUT2D eigenvalue weighted by Gasteiger charge is 2.27. The summed E-state index contributed by atoms with van der Waals surface area (Å²) >= 11 is 0. The molecule has 0 amide bonds. The van der Waals surface area contributed by atoms with Gasteiger partial charge in [0.15, 0.2) is 20.6 Å². The first kappa shape index (κ1) is 12.0. The molecular formula is C10H14N6O2S. The van der Waals surface area contributed by atoms with E-state index < -0.39 is 9.84 Å². The van der Waals surface area contributed by atoms with Crippen LogP contribution in [0.5, 0.6) is 0 Å². The van der Waals surface area contributed by atoms with Crippen LogP contribution in [0.1, 0.15) is 5.82 Å². The number of hydrogen-bond acceptors (Lipinski definition) is 6. The zero-order chi connectivity index (χ0) is 13.6. The number of sulfone groups is 1. The maximum absolute atomic E-state index is 11.8. The zero-order valence-electron chi connectivity index (χ0n) is 10.4. The van der Waals surface area contributed by atoms with Crippen LogP contribution in [0.2, 0.25) is 0 Å². The van der Waals surface area contributed by atoms with E-state index in [0.717, 1.165) is 18.6 Å². The fourth-order valence-corrected chi connectivity index (χ4v) is 3.22. The molecule has 0 fully saturated rings. The lowest BCUT2D eigenvalue weighted by molar-refractivity contribution is 0.552. The molecule has 0 atom stereocenters. The summed E-state index contributed by atoms with van der Waals surface area (Å²) in [7, 11) is -3.42. The Balaban J connectivity index is 2.01. The third kappa shape index (κ3) is 1.95. The van der Waals surface area contributed by atoms with E-state index in [0.29, 0.717) is 18.9 Å². The van der Waals surface area contributed by atoms with Crippen molar-refractivity contribution in [3.63, 3.8) is 0 Å². The molecule has 2 aromatic rings. The van der Waals surface area contributed by atoms with Gasteiger partial charge in [-0.2, -0.15) is 5.10 Å². The van der Waals surface area contributed by atoms with Crippen LogP contribution in [0.25, 0.3) is 0 Å². The molecule has 3 N–H and O–H groups in total. The van der Waals surface area contributed by atoms with E-state index in [9.17, 15) is 8.42 Å². The summed E-state index contributed by atoms with van der Waals surface area (Å²) in [6.45, 7) is 1.92. The number of aromatic nitrogens is 4. The molecular weight excluding hydrogens is 268 g/mol. The number of nitrogens with zero attached hydrogens (tertiary/aromatic N) is 4. The Labute approximate surface area is 110 Å². The number of anilines is 2. The van der Waals surface area contributed by atoms with Crippen molar-refractivity contribution in [3.8, 4) is 0 Å². The van der Waals surface area contributed by atoms with Crippen molar-refractivity contribution in [1.29, 1.82) is 0 Å². The van der Waals surface area contributed by atoms with Crippen LogP contribution in [-0.2, 0) is 22.9 Å². The van der Waals surface area contributed by atoms with Crippen molar-refractivity contribution < 1.29 is 8.42 Å². The monoisotopic (exact) mass is 282 g/mol. The van der Waals surface area contributed by atoms with Crippen molar-refractivity contribution in [3.05, 3.63) is 18.2 Å². The summed E-state index contributed by atoms with van der Waals surface area (Å²) in [4.78, 5) is 6.16. The van der Waals surface area contributed by atoms with E-state index in [4.69, 9.17) is 5.73 Å². The fraction of sp³-hybridized carbons (Fsp3) is 0.400. The number of hydrogen-bond donors (Lipinski definition) is 2. The molecule has 8 nitrogen and oxygen atoms in total. The molecule has 0 saturated carbocycles. The molecule has 0 aromatic carbocycles. The average Bonchev–Trinajstić information content (AvgIpc) is 2.92. The van der Waals surface area contributed by atoms with Crippen LogP contribution in [0.3, 0.4) is 0 Å². The van der Waals surface area contributed by atoms with Gasteiger partial charge in [-0.15, -0.1) is 0 Å². The maximum atomic E-state index is 11.8. The van der Waals surface area contributed by atoms with E-state index in [2.05, 4.69) is 15.2 Å². The van der Waals surface area contributed by atoms with Crippen molar-refractivity contribution in [2.75, 3.05) is 23.4 Å². The van der Waals surface area contributed by atoms with E-state index in [1.165, 1.54) is 0 Å². The van der Waals surface area contributed by atoms with Crippen molar-refractivity contribution >= 4 is 21.5 Å². The van der Waals surface area contributed by atoms with Crippen LogP contribution in [-0.4, -0.2) is 41.0 Å². The van der Waals surface area contributed by atoms with Gasteiger partial charge in [-0.3, -0.25) is 5.10 Å². The normalized spacial score (nSPS) is 15.5. The van der Waals surface area contributed by atoms with Gasteiger partial charge in [-0.05, 0) is 0 Å². The lowest BCUT2D eigenvalue weighted by atomic mass is 10.3. The van der Waals surface area contributed by atoms with Gasteiger partial charge in [-0.1, -0.05) is 0 Å². The van der Waals surface area contributed by atoms with E-state index in [1.807, 2.05) is 15.7 Å². The molecule has 102 valence electrons. The molecule has 9 heteroatoms. The molecule has 0 unspecified atom stereocenters. The summed E-state index contributed by atoms with van der Waals surface area (Å²) < 4.78 is 25.6. The number of nitrogens with two attached hydrogens (primary N) is 1. The number of H-pyrrole nitrogens is 1. The SMILES string of the molecule is CS(=O)(=O)c1c(N2CCn3ccnc3C2)n[nH]c1N. The molecule has 19 heavy (non-hydrogen) atoms. The highest BCUT2D eigenvalue weighted by molar-refractivity contribution is 7.91. The highest BCUT2D eigenvalue weighted by Crippen LogP contribution is 2.29. The quantitative estimate of drug-likeness (QED) is 0.776. The molecule has 0 aliphatic carbocycles. The Morgan fingerprint density at radius 3 is 2.95 bits per heavy atom.